The highest BCUT2D eigenvalue weighted by molar-refractivity contribution is 6.08. The van der Waals surface area contributed by atoms with Crippen LogP contribution in [0.25, 0.3) is 32.9 Å². The van der Waals surface area contributed by atoms with Crippen LogP contribution in [-0.4, -0.2) is 21.5 Å². The maximum absolute atomic E-state index is 11.2. The minimum absolute atomic E-state index is 0.165. The van der Waals surface area contributed by atoms with Crippen molar-refractivity contribution >= 4 is 33.7 Å². The van der Waals surface area contributed by atoms with Crippen LogP contribution in [0.4, 0.5) is 0 Å². The summed E-state index contributed by atoms with van der Waals surface area (Å²) in [5.41, 5.74) is 5.87. The van der Waals surface area contributed by atoms with Gasteiger partial charge in [-0.15, -0.1) is 0 Å². The van der Waals surface area contributed by atoms with Gasteiger partial charge in [-0.25, -0.2) is 0 Å². The number of ether oxygens (including phenoxy) is 2. The van der Waals surface area contributed by atoms with E-state index in [1.807, 2.05) is 37.5 Å². The van der Waals surface area contributed by atoms with Gasteiger partial charge in [0.05, 0.1) is 11.7 Å². The summed E-state index contributed by atoms with van der Waals surface area (Å²) in [4.78, 5) is 26.7. The number of carbonyl (C=O) groups excluding carboxylic acids is 2. The van der Waals surface area contributed by atoms with Crippen molar-refractivity contribution in [2.24, 2.45) is 7.05 Å². The van der Waals surface area contributed by atoms with Crippen LogP contribution in [0.3, 0.4) is 0 Å². The standard InChI is InChI=1S/C24H22N2O4/c1-15(27)29-13-17-8-18(14-30-16(2)28)10-20(9-17)19-4-5-23-22(11-19)21-6-7-25-12-24(21)26(23)3/h4-12H,13-14H2,1-3H3. The number of nitrogens with zero attached hydrogens (tertiary/aromatic N) is 2. The number of carbonyl (C=O) groups is 2. The number of fused-ring (bicyclic) bond motifs is 3. The Morgan fingerprint density at radius 1 is 0.833 bits per heavy atom. The van der Waals surface area contributed by atoms with Gasteiger partial charge in [-0.2, -0.15) is 0 Å². The lowest BCUT2D eigenvalue weighted by molar-refractivity contribution is -0.142. The first-order valence-corrected chi connectivity index (χ1v) is 9.64. The van der Waals surface area contributed by atoms with Gasteiger partial charge in [-0.05, 0) is 58.7 Å². The lowest BCUT2D eigenvalue weighted by atomic mass is 9.98. The predicted octanol–water partition coefficient (Wildman–Crippen LogP) is 4.52. The number of esters is 2. The van der Waals surface area contributed by atoms with Crippen molar-refractivity contribution in [1.82, 2.24) is 9.55 Å². The Hall–Kier alpha value is -3.67. The molecule has 4 rings (SSSR count). The third-order valence-electron chi connectivity index (χ3n) is 5.08. The van der Waals surface area contributed by atoms with Gasteiger partial charge in [0, 0.05) is 43.4 Å². The second-order valence-corrected chi connectivity index (χ2v) is 7.28. The van der Waals surface area contributed by atoms with Gasteiger partial charge in [0.15, 0.2) is 0 Å². The molecule has 0 radical (unpaired) electrons. The van der Waals surface area contributed by atoms with E-state index in [4.69, 9.17) is 9.47 Å². The molecule has 30 heavy (non-hydrogen) atoms. The first-order valence-electron chi connectivity index (χ1n) is 9.64. The van der Waals surface area contributed by atoms with Crippen LogP contribution in [0.15, 0.2) is 54.9 Å². The van der Waals surface area contributed by atoms with E-state index in [2.05, 4.69) is 27.8 Å². The fourth-order valence-corrected chi connectivity index (χ4v) is 3.70. The van der Waals surface area contributed by atoms with Gasteiger partial charge in [0.25, 0.3) is 0 Å². The van der Waals surface area contributed by atoms with Crippen molar-refractivity contribution in [2.45, 2.75) is 27.1 Å². The molecule has 0 N–H and O–H groups in total. The summed E-state index contributed by atoms with van der Waals surface area (Å²) in [6.07, 6.45) is 3.66. The first kappa shape index (κ1) is 19.6. The van der Waals surface area contributed by atoms with Crippen LogP contribution >= 0.6 is 0 Å². The van der Waals surface area contributed by atoms with E-state index in [1.54, 1.807) is 6.20 Å². The van der Waals surface area contributed by atoms with Crippen LogP contribution in [0.1, 0.15) is 25.0 Å². The van der Waals surface area contributed by atoms with Crippen LogP contribution in [0.2, 0.25) is 0 Å². The number of pyridine rings is 1. The molecule has 6 nitrogen and oxygen atoms in total. The molecule has 0 aliphatic heterocycles. The molecule has 0 aliphatic carbocycles. The summed E-state index contributed by atoms with van der Waals surface area (Å²) < 4.78 is 12.5. The average molecular weight is 402 g/mol. The molecule has 2 aromatic heterocycles. The molecule has 0 unspecified atom stereocenters. The highest BCUT2D eigenvalue weighted by Gasteiger charge is 2.11. The number of aryl methyl sites for hydroxylation is 1. The zero-order valence-corrected chi connectivity index (χ0v) is 17.1. The molecule has 0 amide bonds. The van der Waals surface area contributed by atoms with E-state index in [9.17, 15) is 9.59 Å². The topological polar surface area (TPSA) is 70.4 Å². The minimum Gasteiger partial charge on any atom is -0.461 e. The van der Waals surface area contributed by atoms with E-state index in [0.29, 0.717) is 0 Å². The SMILES string of the molecule is CC(=O)OCc1cc(COC(C)=O)cc(-c2ccc3c(c2)c2ccncc2n3C)c1. The molecule has 0 saturated heterocycles. The predicted molar refractivity (Wildman–Crippen MR) is 115 cm³/mol. The molecular weight excluding hydrogens is 380 g/mol. The molecule has 0 atom stereocenters. The smallest absolute Gasteiger partial charge is 0.302 e. The summed E-state index contributed by atoms with van der Waals surface area (Å²) in [7, 11) is 2.03. The fourth-order valence-electron chi connectivity index (χ4n) is 3.70. The molecule has 152 valence electrons. The quantitative estimate of drug-likeness (QED) is 0.459. The Balaban J connectivity index is 1.81. The molecular formula is C24H22N2O4. The molecule has 4 aromatic rings. The third-order valence-corrected chi connectivity index (χ3v) is 5.08. The summed E-state index contributed by atoms with van der Waals surface area (Å²) in [6, 6.07) is 14.2. The Morgan fingerprint density at radius 2 is 1.50 bits per heavy atom. The zero-order chi connectivity index (χ0) is 21.3. The Labute approximate surface area is 174 Å². The maximum atomic E-state index is 11.2. The molecule has 0 bridgehead atoms. The van der Waals surface area contributed by atoms with Gasteiger partial charge < -0.3 is 14.0 Å². The van der Waals surface area contributed by atoms with Crippen LogP contribution in [0, 0.1) is 0 Å². The minimum atomic E-state index is -0.340. The molecule has 0 aliphatic rings. The van der Waals surface area contributed by atoms with Crippen LogP contribution < -0.4 is 0 Å². The normalized spacial score (nSPS) is 11.0. The summed E-state index contributed by atoms with van der Waals surface area (Å²) >= 11 is 0. The molecule has 0 saturated carbocycles. The second-order valence-electron chi connectivity index (χ2n) is 7.28. The van der Waals surface area contributed by atoms with Crippen molar-refractivity contribution in [3.63, 3.8) is 0 Å². The van der Waals surface area contributed by atoms with Gasteiger partial charge in [0.1, 0.15) is 13.2 Å². The molecule has 6 heteroatoms. The zero-order valence-electron chi connectivity index (χ0n) is 17.1. The van der Waals surface area contributed by atoms with Crippen molar-refractivity contribution in [3.05, 3.63) is 66.0 Å². The van der Waals surface area contributed by atoms with E-state index >= 15 is 0 Å². The largest absolute Gasteiger partial charge is 0.461 e. The van der Waals surface area contributed by atoms with Crippen molar-refractivity contribution in [3.8, 4) is 11.1 Å². The van der Waals surface area contributed by atoms with Crippen molar-refractivity contribution in [2.75, 3.05) is 0 Å². The van der Waals surface area contributed by atoms with Gasteiger partial charge in [-0.3, -0.25) is 14.6 Å². The molecule has 0 fully saturated rings. The second kappa shape index (κ2) is 7.99. The summed E-state index contributed by atoms with van der Waals surface area (Å²) in [5.74, 6) is -0.680. The summed E-state index contributed by atoms with van der Waals surface area (Å²) in [5, 5.41) is 2.28. The van der Waals surface area contributed by atoms with Crippen LogP contribution in [0.5, 0.6) is 0 Å². The monoisotopic (exact) mass is 402 g/mol. The van der Waals surface area contributed by atoms with Crippen molar-refractivity contribution in [1.29, 1.82) is 0 Å². The van der Waals surface area contributed by atoms with Crippen LogP contribution in [-0.2, 0) is 39.3 Å². The number of aromatic nitrogens is 2. The number of benzene rings is 2. The maximum Gasteiger partial charge on any atom is 0.302 e. The third kappa shape index (κ3) is 3.89. The average Bonchev–Trinajstić information content (AvgIpc) is 3.03. The lowest BCUT2D eigenvalue weighted by Gasteiger charge is -2.11. The van der Waals surface area contributed by atoms with Gasteiger partial charge in [0.2, 0.25) is 0 Å². The summed E-state index contributed by atoms with van der Waals surface area (Å²) in [6.45, 7) is 3.09. The van der Waals surface area contributed by atoms with E-state index in [0.717, 1.165) is 44.1 Å². The Morgan fingerprint density at radius 3 is 2.13 bits per heavy atom. The van der Waals surface area contributed by atoms with Crippen molar-refractivity contribution < 1.29 is 19.1 Å². The fraction of sp³-hybridized carbons (Fsp3) is 0.208. The molecule has 2 aromatic carbocycles. The van der Waals surface area contributed by atoms with Gasteiger partial charge >= 0.3 is 11.9 Å². The molecule has 2 heterocycles. The highest BCUT2D eigenvalue weighted by atomic mass is 16.5. The Bertz CT molecular complexity index is 1240. The molecule has 0 spiro atoms. The number of hydrogen-bond donors (Lipinski definition) is 0. The van der Waals surface area contributed by atoms with E-state index in [-0.39, 0.29) is 25.2 Å². The first-order chi connectivity index (χ1) is 14.4. The number of rotatable bonds is 5. The highest BCUT2D eigenvalue weighted by Crippen LogP contribution is 2.32. The van der Waals surface area contributed by atoms with E-state index in [1.165, 1.54) is 13.8 Å². The van der Waals surface area contributed by atoms with Gasteiger partial charge in [-0.1, -0.05) is 6.07 Å². The number of hydrogen-bond acceptors (Lipinski definition) is 5. The lowest BCUT2D eigenvalue weighted by Crippen LogP contribution is -2.02. The van der Waals surface area contributed by atoms with E-state index < -0.39 is 0 Å². The Kier molecular flexibility index (Phi) is 5.23.